The van der Waals surface area contributed by atoms with Crippen molar-refractivity contribution >= 4 is 5.97 Å². The molecule has 5 heteroatoms. The number of rotatable bonds is 6. The third-order valence-electron chi connectivity index (χ3n) is 2.30. The molecule has 0 aliphatic heterocycles. The van der Waals surface area contributed by atoms with Gasteiger partial charge in [0, 0.05) is 0 Å². The van der Waals surface area contributed by atoms with E-state index < -0.39 is 5.97 Å². The number of carboxylic acid groups (broad SMARTS) is 1. The molecule has 5 nitrogen and oxygen atoms in total. The Labute approximate surface area is 106 Å². The predicted octanol–water partition coefficient (Wildman–Crippen LogP) is 2.03. The van der Waals surface area contributed by atoms with Crippen LogP contribution >= 0.6 is 0 Å². The molecule has 1 N–H and O–H groups in total. The monoisotopic (exact) mass is 252 g/mol. The van der Waals surface area contributed by atoms with Crippen molar-refractivity contribution in [3.05, 3.63) is 29.8 Å². The fraction of sp³-hybridized carbons (Fsp3) is 0.308. The fourth-order valence-electron chi connectivity index (χ4n) is 1.37. The largest absolute Gasteiger partial charge is 0.493 e. The van der Waals surface area contributed by atoms with Crippen LogP contribution in [-0.2, 0) is 4.79 Å². The van der Waals surface area contributed by atoms with Crippen LogP contribution in [0.25, 0.3) is 0 Å². The summed E-state index contributed by atoms with van der Waals surface area (Å²) in [6.07, 6.45) is 0. The van der Waals surface area contributed by atoms with Crippen LogP contribution in [0.4, 0.5) is 0 Å². The van der Waals surface area contributed by atoms with Crippen LogP contribution in [0.3, 0.4) is 0 Å². The minimum Gasteiger partial charge on any atom is -0.493 e. The van der Waals surface area contributed by atoms with Gasteiger partial charge >= 0.3 is 5.97 Å². The Morgan fingerprint density at radius 1 is 1.28 bits per heavy atom. The summed E-state index contributed by atoms with van der Waals surface area (Å²) in [5.41, 5.74) is 0.910. The Morgan fingerprint density at radius 3 is 2.17 bits per heavy atom. The summed E-state index contributed by atoms with van der Waals surface area (Å²) in [7, 11) is 3.01. The number of aryl methyl sites for hydroxylation is 1. The Bertz CT molecular complexity index is 439. The Morgan fingerprint density at radius 2 is 1.78 bits per heavy atom. The molecule has 0 saturated carbocycles. The second-order valence-corrected chi connectivity index (χ2v) is 3.70. The second kappa shape index (κ2) is 5.95. The van der Waals surface area contributed by atoms with E-state index in [0.29, 0.717) is 17.2 Å². The van der Waals surface area contributed by atoms with Gasteiger partial charge in [-0.2, -0.15) is 0 Å². The molecule has 0 aliphatic carbocycles. The maximum atomic E-state index is 10.6. The molecule has 1 rings (SSSR count). The number of carboxylic acids is 1. The highest BCUT2D eigenvalue weighted by atomic mass is 16.5. The molecule has 0 bridgehead atoms. The van der Waals surface area contributed by atoms with Gasteiger partial charge in [-0.05, 0) is 24.6 Å². The zero-order valence-corrected chi connectivity index (χ0v) is 10.6. The highest BCUT2D eigenvalue weighted by Gasteiger charge is 2.14. The van der Waals surface area contributed by atoms with Gasteiger partial charge in [0.25, 0.3) is 0 Å². The zero-order valence-electron chi connectivity index (χ0n) is 10.6. The molecule has 1 aromatic carbocycles. The van der Waals surface area contributed by atoms with Crippen molar-refractivity contribution in [2.24, 2.45) is 0 Å². The van der Waals surface area contributed by atoms with E-state index in [-0.39, 0.29) is 12.2 Å². The van der Waals surface area contributed by atoms with Gasteiger partial charge in [-0.15, -0.1) is 0 Å². The molecule has 0 radical (unpaired) electrons. The van der Waals surface area contributed by atoms with Gasteiger partial charge in [-0.3, -0.25) is 0 Å². The Balaban J connectivity index is 2.99. The van der Waals surface area contributed by atoms with Gasteiger partial charge in [0.05, 0.1) is 19.8 Å². The van der Waals surface area contributed by atoms with Crippen LogP contribution in [0, 0.1) is 6.92 Å². The molecule has 0 spiro atoms. The van der Waals surface area contributed by atoms with E-state index in [1.807, 2.05) is 6.92 Å². The summed E-state index contributed by atoms with van der Waals surface area (Å²) in [4.78, 5) is 10.6. The fourth-order valence-corrected chi connectivity index (χ4v) is 1.37. The maximum Gasteiger partial charge on any atom is 0.334 e. The minimum absolute atomic E-state index is 0.0420. The van der Waals surface area contributed by atoms with Crippen molar-refractivity contribution in [2.75, 3.05) is 20.8 Å². The van der Waals surface area contributed by atoms with Crippen LogP contribution in [-0.4, -0.2) is 31.9 Å². The smallest absolute Gasteiger partial charge is 0.334 e. The molecule has 1 aromatic rings. The summed E-state index contributed by atoms with van der Waals surface area (Å²) >= 11 is 0. The van der Waals surface area contributed by atoms with Gasteiger partial charge in [0.1, 0.15) is 6.61 Å². The van der Waals surface area contributed by atoms with E-state index in [1.165, 1.54) is 14.2 Å². The first kappa shape index (κ1) is 13.9. The number of carbonyl (C=O) groups is 1. The minimum atomic E-state index is -1.10. The average Bonchev–Trinajstić information content (AvgIpc) is 2.35. The molecule has 98 valence electrons. The molecular formula is C13H16O5. The third-order valence-corrected chi connectivity index (χ3v) is 2.30. The Kier molecular flexibility index (Phi) is 4.59. The Hall–Kier alpha value is -2.17. The normalized spacial score (nSPS) is 9.72. The van der Waals surface area contributed by atoms with E-state index in [9.17, 15) is 4.79 Å². The number of hydrogen-bond donors (Lipinski definition) is 1. The number of methoxy groups -OCH3 is 2. The van der Waals surface area contributed by atoms with Crippen LogP contribution in [0.1, 0.15) is 5.56 Å². The lowest BCUT2D eigenvalue weighted by Crippen LogP contribution is -2.10. The summed E-state index contributed by atoms with van der Waals surface area (Å²) in [5.74, 6) is 0.253. The van der Waals surface area contributed by atoms with Gasteiger partial charge in [-0.25, -0.2) is 4.79 Å². The maximum absolute atomic E-state index is 10.6. The number of benzene rings is 1. The first-order valence-electron chi connectivity index (χ1n) is 5.26. The molecule has 0 heterocycles. The molecule has 18 heavy (non-hydrogen) atoms. The molecule has 0 atom stereocenters. The molecule has 0 fully saturated rings. The van der Waals surface area contributed by atoms with E-state index in [4.69, 9.17) is 19.3 Å². The molecular weight excluding hydrogens is 236 g/mol. The van der Waals surface area contributed by atoms with Crippen molar-refractivity contribution in [1.82, 2.24) is 0 Å². The summed E-state index contributed by atoms with van der Waals surface area (Å²) in [5, 5.41) is 8.72. The first-order chi connectivity index (χ1) is 8.49. The standard InChI is InChI=1S/C13H16O5/c1-8-5-10(16-3)12(11(6-8)17-4)18-7-9(2)13(14)15/h5-6H,2,7H2,1,3-4H3,(H,14,15). The second-order valence-electron chi connectivity index (χ2n) is 3.70. The highest BCUT2D eigenvalue weighted by Crippen LogP contribution is 2.38. The summed E-state index contributed by atoms with van der Waals surface area (Å²) in [6.45, 7) is 5.15. The number of hydrogen-bond acceptors (Lipinski definition) is 4. The van der Waals surface area contributed by atoms with Gasteiger partial charge in [0.2, 0.25) is 5.75 Å². The quantitative estimate of drug-likeness (QED) is 0.785. The first-order valence-corrected chi connectivity index (χ1v) is 5.26. The van der Waals surface area contributed by atoms with Crippen molar-refractivity contribution in [3.8, 4) is 17.2 Å². The lowest BCUT2D eigenvalue weighted by Gasteiger charge is -2.15. The lowest BCUT2D eigenvalue weighted by molar-refractivity contribution is -0.133. The van der Waals surface area contributed by atoms with Gasteiger partial charge < -0.3 is 19.3 Å². The van der Waals surface area contributed by atoms with Crippen molar-refractivity contribution in [2.45, 2.75) is 6.92 Å². The van der Waals surface area contributed by atoms with Crippen molar-refractivity contribution in [1.29, 1.82) is 0 Å². The van der Waals surface area contributed by atoms with Crippen LogP contribution in [0.2, 0.25) is 0 Å². The number of aliphatic carboxylic acids is 1. The SMILES string of the molecule is C=C(COc1c(OC)cc(C)cc1OC)C(=O)O. The third kappa shape index (κ3) is 3.16. The molecule has 0 unspecified atom stereocenters. The van der Waals surface area contributed by atoms with Crippen LogP contribution < -0.4 is 14.2 Å². The van der Waals surface area contributed by atoms with Crippen LogP contribution in [0.15, 0.2) is 24.3 Å². The van der Waals surface area contributed by atoms with E-state index in [2.05, 4.69) is 6.58 Å². The lowest BCUT2D eigenvalue weighted by atomic mass is 10.2. The number of ether oxygens (including phenoxy) is 3. The molecule has 0 saturated heterocycles. The van der Waals surface area contributed by atoms with Crippen molar-refractivity contribution < 1.29 is 24.1 Å². The molecule has 0 aromatic heterocycles. The van der Waals surface area contributed by atoms with E-state index in [1.54, 1.807) is 12.1 Å². The molecule has 0 aliphatic rings. The van der Waals surface area contributed by atoms with Gasteiger partial charge in [-0.1, -0.05) is 6.58 Å². The van der Waals surface area contributed by atoms with Gasteiger partial charge in [0.15, 0.2) is 11.5 Å². The van der Waals surface area contributed by atoms with Crippen molar-refractivity contribution in [3.63, 3.8) is 0 Å². The topological polar surface area (TPSA) is 65.0 Å². The highest BCUT2D eigenvalue weighted by molar-refractivity contribution is 5.86. The molecule has 0 amide bonds. The van der Waals surface area contributed by atoms with E-state index >= 15 is 0 Å². The average molecular weight is 252 g/mol. The van der Waals surface area contributed by atoms with E-state index in [0.717, 1.165) is 5.56 Å². The zero-order chi connectivity index (χ0) is 13.7. The predicted molar refractivity (Wildman–Crippen MR) is 66.6 cm³/mol. The summed E-state index contributed by atoms with van der Waals surface area (Å²) in [6, 6.07) is 3.56. The summed E-state index contributed by atoms with van der Waals surface area (Å²) < 4.78 is 15.8. The van der Waals surface area contributed by atoms with Crippen LogP contribution in [0.5, 0.6) is 17.2 Å².